The number of carbonyl (C=O) groups is 1. The van der Waals surface area contributed by atoms with E-state index in [1.54, 1.807) is 12.1 Å². The molecule has 1 aromatic rings. The van der Waals surface area contributed by atoms with Crippen LogP contribution in [0.2, 0.25) is 0 Å². The van der Waals surface area contributed by atoms with E-state index in [9.17, 15) is 13.2 Å². The van der Waals surface area contributed by atoms with Gasteiger partial charge in [0.1, 0.15) is 0 Å². The molecule has 1 aliphatic heterocycles. The van der Waals surface area contributed by atoms with E-state index in [-0.39, 0.29) is 24.2 Å². The number of nitrogens with one attached hydrogen (secondary N) is 1. The molecule has 0 radical (unpaired) electrons. The standard InChI is InChI=1S/C18H29N3O3S.ClH/c1-14-5-6-17(13-15(14)2)25(23,24)21-11-7-16(8-12-21)18(22)20-10-4-3-9-19;/h5-6,13,16H,3-4,7-12,19H2,1-2H3,(H,20,22);1H. The average Bonchev–Trinajstić information content (AvgIpc) is 2.61. The van der Waals surface area contributed by atoms with Crippen LogP contribution in [0.5, 0.6) is 0 Å². The van der Waals surface area contributed by atoms with Crippen molar-refractivity contribution >= 4 is 28.3 Å². The summed E-state index contributed by atoms with van der Waals surface area (Å²) < 4.78 is 27.1. The van der Waals surface area contributed by atoms with Gasteiger partial charge in [-0.2, -0.15) is 4.31 Å². The lowest BCUT2D eigenvalue weighted by Gasteiger charge is -2.30. The second-order valence-corrected chi connectivity index (χ2v) is 8.65. The Bertz CT molecular complexity index is 702. The summed E-state index contributed by atoms with van der Waals surface area (Å²) in [6.07, 6.45) is 2.90. The maximum atomic E-state index is 12.8. The van der Waals surface area contributed by atoms with Crippen molar-refractivity contribution in [2.45, 2.75) is 44.4 Å². The third-order valence-electron chi connectivity index (χ3n) is 4.87. The van der Waals surface area contributed by atoms with Crippen LogP contribution in [0.15, 0.2) is 23.1 Å². The summed E-state index contributed by atoms with van der Waals surface area (Å²) >= 11 is 0. The third kappa shape index (κ3) is 5.67. The zero-order chi connectivity index (χ0) is 18.4. The number of aryl methyl sites for hydroxylation is 2. The second kappa shape index (κ2) is 10.3. The Morgan fingerprint density at radius 1 is 1.19 bits per heavy atom. The number of hydrogen-bond acceptors (Lipinski definition) is 4. The van der Waals surface area contributed by atoms with Gasteiger partial charge in [-0.1, -0.05) is 6.07 Å². The minimum atomic E-state index is -3.49. The highest BCUT2D eigenvalue weighted by molar-refractivity contribution is 7.89. The van der Waals surface area contributed by atoms with Crippen LogP contribution in [0, 0.1) is 19.8 Å². The van der Waals surface area contributed by atoms with E-state index in [2.05, 4.69) is 5.32 Å². The molecule has 8 heteroatoms. The van der Waals surface area contributed by atoms with Crippen molar-refractivity contribution in [3.05, 3.63) is 29.3 Å². The van der Waals surface area contributed by atoms with Crippen LogP contribution in [-0.2, 0) is 14.8 Å². The molecule has 1 amide bonds. The zero-order valence-corrected chi connectivity index (χ0v) is 17.2. The number of benzene rings is 1. The van der Waals surface area contributed by atoms with Crippen LogP contribution in [0.3, 0.4) is 0 Å². The Morgan fingerprint density at radius 2 is 1.85 bits per heavy atom. The summed E-state index contributed by atoms with van der Waals surface area (Å²) in [5, 5.41) is 2.92. The summed E-state index contributed by atoms with van der Waals surface area (Å²) in [5.41, 5.74) is 7.47. The van der Waals surface area contributed by atoms with Crippen molar-refractivity contribution in [2.75, 3.05) is 26.2 Å². The van der Waals surface area contributed by atoms with Crippen LogP contribution in [-0.4, -0.2) is 44.8 Å². The molecule has 1 aliphatic rings. The van der Waals surface area contributed by atoms with E-state index in [1.165, 1.54) is 4.31 Å². The summed E-state index contributed by atoms with van der Waals surface area (Å²) in [7, 11) is -3.49. The highest BCUT2D eigenvalue weighted by Gasteiger charge is 2.32. The van der Waals surface area contributed by atoms with Gasteiger partial charge in [-0.25, -0.2) is 8.42 Å². The zero-order valence-electron chi connectivity index (χ0n) is 15.5. The van der Waals surface area contributed by atoms with E-state index < -0.39 is 10.0 Å². The molecule has 0 unspecified atom stereocenters. The van der Waals surface area contributed by atoms with Crippen molar-refractivity contribution in [2.24, 2.45) is 11.7 Å². The second-order valence-electron chi connectivity index (χ2n) is 6.71. The molecular weight excluding hydrogens is 374 g/mol. The molecule has 3 N–H and O–H groups in total. The Balaban J connectivity index is 0.00000338. The van der Waals surface area contributed by atoms with Crippen LogP contribution < -0.4 is 11.1 Å². The van der Waals surface area contributed by atoms with Gasteiger partial charge in [0.2, 0.25) is 15.9 Å². The van der Waals surface area contributed by atoms with E-state index in [1.807, 2.05) is 19.9 Å². The molecular formula is C18H30ClN3O3S. The number of piperidine rings is 1. The molecule has 0 saturated carbocycles. The lowest BCUT2D eigenvalue weighted by molar-refractivity contribution is -0.126. The lowest BCUT2D eigenvalue weighted by atomic mass is 9.97. The lowest BCUT2D eigenvalue weighted by Crippen LogP contribution is -2.43. The van der Waals surface area contributed by atoms with Gasteiger partial charge in [-0.05, 0) is 69.3 Å². The first-order valence-electron chi connectivity index (χ1n) is 8.91. The molecule has 1 heterocycles. The summed E-state index contributed by atoms with van der Waals surface area (Å²) in [6, 6.07) is 5.22. The number of hydrogen-bond donors (Lipinski definition) is 2. The van der Waals surface area contributed by atoms with Gasteiger partial charge in [0, 0.05) is 25.6 Å². The number of rotatable bonds is 7. The average molecular weight is 404 g/mol. The molecule has 0 bridgehead atoms. The number of unbranched alkanes of at least 4 members (excludes halogenated alkanes) is 1. The normalized spacial score (nSPS) is 16.1. The molecule has 1 saturated heterocycles. The third-order valence-corrected chi connectivity index (χ3v) is 6.77. The van der Waals surface area contributed by atoms with Gasteiger partial charge >= 0.3 is 0 Å². The molecule has 148 valence electrons. The number of halogens is 1. The fraction of sp³-hybridized carbons (Fsp3) is 0.611. The Morgan fingerprint density at radius 3 is 2.42 bits per heavy atom. The first kappa shape index (κ1) is 22.9. The first-order valence-corrected chi connectivity index (χ1v) is 10.4. The minimum absolute atomic E-state index is 0. The van der Waals surface area contributed by atoms with E-state index >= 15 is 0 Å². The summed E-state index contributed by atoms with van der Waals surface area (Å²) in [5.74, 6) is -0.0793. The van der Waals surface area contributed by atoms with Gasteiger partial charge < -0.3 is 11.1 Å². The molecule has 0 aliphatic carbocycles. The predicted octanol–water partition coefficient (Wildman–Crippen LogP) is 1.98. The van der Waals surface area contributed by atoms with Crippen molar-refractivity contribution < 1.29 is 13.2 Å². The van der Waals surface area contributed by atoms with Crippen molar-refractivity contribution in [1.82, 2.24) is 9.62 Å². The van der Waals surface area contributed by atoms with Gasteiger partial charge in [0.15, 0.2) is 0 Å². The summed E-state index contributed by atoms with van der Waals surface area (Å²) in [4.78, 5) is 12.5. The van der Waals surface area contributed by atoms with Crippen LogP contribution in [0.1, 0.15) is 36.8 Å². The largest absolute Gasteiger partial charge is 0.356 e. The van der Waals surface area contributed by atoms with Crippen LogP contribution in [0.4, 0.5) is 0 Å². The Kier molecular flexibility index (Phi) is 9.03. The van der Waals surface area contributed by atoms with Gasteiger partial charge in [0.25, 0.3) is 0 Å². The predicted molar refractivity (Wildman–Crippen MR) is 106 cm³/mol. The van der Waals surface area contributed by atoms with Crippen LogP contribution in [0.25, 0.3) is 0 Å². The molecule has 1 fully saturated rings. The topological polar surface area (TPSA) is 92.5 Å². The minimum Gasteiger partial charge on any atom is -0.356 e. The van der Waals surface area contributed by atoms with Crippen molar-refractivity contribution in [1.29, 1.82) is 0 Å². The molecule has 26 heavy (non-hydrogen) atoms. The number of nitrogens with zero attached hydrogens (tertiary/aromatic N) is 1. The highest BCUT2D eigenvalue weighted by atomic mass is 35.5. The van der Waals surface area contributed by atoms with Crippen molar-refractivity contribution in [3.63, 3.8) is 0 Å². The quantitative estimate of drug-likeness (QED) is 0.681. The van der Waals surface area contributed by atoms with Crippen LogP contribution >= 0.6 is 12.4 Å². The van der Waals surface area contributed by atoms with Crippen molar-refractivity contribution in [3.8, 4) is 0 Å². The number of nitrogens with two attached hydrogens (primary N) is 1. The molecule has 0 atom stereocenters. The van der Waals surface area contributed by atoms with E-state index in [0.717, 1.165) is 24.0 Å². The SMILES string of the molecule is Cc1ccc(S(=O)(=O)N2CCC(C(=O)NCCCCN)CC2)cc1C.Cl. The Labute approximate surface area is 163 Å². The number of carbonyl (C=O) groups excluding carboxylic acids is 1. The fourth-order valence-electron chi connectivity index (χ4n) is 3.01. The van der Waals surface area contributed by atoms with E-state index in [0.29, 0.717) is 43.9 Å². The molecule has 2 rings (SSSR count). The maximum Gasteiger partial charge on any atom is 0.243 e. The van der Waals surface area contributed by atoms with E-state index in [4.69, 9.17) is 5.73 Å². The molecule has 6 nitrogen and oxygen atoms in total. The maximum absolute atomic E-state index is 12.8. The smallest absolute Gasteiger partial charge is 0.243 e. The molecule has 0 aromatic heterocycles. The fourth-order valence-corrected chi connectivity index (χ4v) is 4.56. The van der Waals surface area contributed by atoms with Gasteiger partial charge in [-0.3, -0.25) is 4.79 Å². The summed E-state index contributed by atoms with van der Waals surface area (Å²) in [6.45, 7) is 5.91. The number of sulfonamides is 1. The number of amides is 1. The monoisotopic (exact) mass is 403 g/mol. The van der Waals surface area contributed by atoms with Gasteiger partial charge in [0.05, 0.1) is 4.90 Å². The molecule has 0 spiro atoms. The van der Waals surface area contributed by atoms with Gasteiger partial charge in [-0.15, -0.1) is 12.4 Å². The Hall–Kier alpha value is -1.15. The molecule has 1 aromatic carbocycles. The first-order chi connectivity index (χ1) is 11.9. The highest BCUT2D eigenvalue weighted by Crippen LogP contribution is 2.25.